The fourth-order valence-electron chi connectivity index (χ4n) is 1.36. The molecule has 5 nitrogen and oxygen atoms in total. The first-order chi connectivity index (χ1) is 7.69. The van der Waals surface area contributed by atoms with Crippen molar-refractivity contribution in [3.63, 3.8) is 0 Å². The van der Waals surface area contributed by atoms with Crippen LogP contribution in [0.15, 0.2) is 18.2 Å². The van der Waals surface area contributed by atoms with Gasteiger partial charge in [0.1, 0.15) is 0 Å². The molecule has 1 aromatic carbocycles. The maximum atomic E-state index is 10.8. The number of benzene rings is 1. The van der Waals surface area contributed by atoms with Gasteiger partial charge < -0.3 is 10.5 Å². The van der Waals surface area contributed by atoms with Crippen LogP contribution in [0.5, 0.6) is 5.75 Å². The molecule has 0 saturated carbocycles. The molecule has 5 heteroatoms. The monoisotopic (exact) mass is 224 g/mol. The van der Waals surface area contributed by atoms with Gasteiger partial charge in [-0.3, -0.25) is 10.1 Å². The number of nitrogens with zero attached hydrogens (tertiary/aromatic N) is 1. The summed E-state index contributed by atoms with van der Waals surface area (Å²) in [4.78, 5) is 10.4. The molecular formula is C11H16N2O3. The SMILES string of the molecule is CCCOc1ccc(CCN)cc1[N+](=O)[O-]. The van der Waals surface area contributed by atoms with Gasteiger partial charge in [0, 0.05) is 6.07 Å². The Kier molecular flexibility index (Phi) is 4.72. The first-order valence-electron chi connectivity index (χ1n) is 5.29. The second-order valence-corrected chi connectivity index (χ2v) is 3.45. The van der Waals surface area contributed by atoms with Crippen molar-refractivity contribution >= 4 is 5.69 Å². The highest BCUT2D eigenvalue weighted by molar-refractivity contribution is 5.48. The fraction of sp³-hybridized carbons (Fsp3) is 0.455. The van der Waals surface area contributed by atoms with Crippen molar-refractivity contribution in [3.05, 3.63) is 33.9 Å². The summed E-state index contributed by atoms with van der Waals surface area (Å²) >= 11 is 0. The van der Waals surface area contributed by atoms with Gasteiger partial charge in [0.2, 0.25) is 0 Å². The molecule has 0 aliphatic heterocycles. The van der Waals surface area contributed by atoms with Crippen molar-refractivity contribution in [2.45, 2.75) is 19.8 Å². The van der Waals surface area contributed by atoms with Crippen LogP contribution in [0.2, 0.25) is 0 Å². The van der Waals surface area contributed by atoms with E-state index in [0.717, 1.165) is 12.0 Å². The number of hydrogen-bond donors (Lipinski definition) is 1. The predicted octanol–water partition coefficient (Wildman–Crippen LogP) is 1.88. The molecule has 0 unspecified atom stereocenters. The van der Waals surface area contributed by atoms with Crippen molar-refractivity contribution in [3.8, 4) is 5.75 Å². The Morgan fingerprint density at radius 1 is 1.50 bits per heavy atom. The molecule has 2 N–H and O–H groups in total. The van der Waals surface area contributed by atoms with Crippen LogP contribution in [0.4, 0.5) is 5.69 Å². The molecule has 0 amide bonds. The number of nitro benzene ring substituents is 1. The second-order valence-electron chi connectivity index (χ2n) is 3.45. The fourth-order valence-corrected chi connectivity index (χ4v) is 1.36. The molecule has 1 aromatic rings. The summed E-state index contributed by atoms with van der Waals surface area (Å²) < 4.78 is 5.31. The lowest BCUT2D eigenvalue weighted by atomic mass is 10.1. The first kappa shape index (κ1) is 12.4. The highest BCUT2D eigenvalue weighted by Crippen LogP contribution is 2.28. The van der Waals surface area contributed by atoms with Crippen molar-refractivity contribution in [1.29, 1.82) is 0 Å². The predicted molar refractivity (Wildman–Crippen MR) is 61.6 cm³/mol. The third-order valence-electron chi connectivity index (χ3n) is 2.11. The third-order valence-corrected chi connectivity index (χ3v) is 2.11. The third kappa shape index (κ3) is 3.20. The molecular weight excluding hydrogens is 208 g/mol. The van der Waals surface area contributed by atoms with Crippen LogP contribution >= 0.6 is 0 Å². The summed E-state index contributed by atoms with van der Waals surface area (Å²) in [5, 5.41) is 10.8. The molecule has 1 rings (SSSR count). The van der Waals surface area contributed by atoms with Crippen LogP contribution in [0.3, 0.4) is 0 Å². The van der Waals surface area contributed by atoms with Crippen molar-refractivity contribution in [2.75, 3.05) is 13.2 Å². The van der Waals surface area contributed by atoms with Gasteiger partial charge in [-0.25, -0.2) is 0 Å². The summed E-state index contributed by atoms with van der Waals surface area (Å²) in [5.74, 6) is 0.327. The molecule has 0 atom stereocenters. The Morgan fingerprint density at radius 2 is 2.25 bits per heavy atom. The number of rotatable bonds is 6. The number of nitrogens with two attached hydrogens (primary N) is 1. The minimum atomic E-state index is -0.426. The first-order valence-corrected chi connectivity index (χ1v) is 5.29. The zero-order valence-electron chi connectivity index (χ0n) is 9.31. The van der Waals surface area contributed by atoms with Crippen molar-refractivity contribution < 1.29 is 9.66 Å². The van der Waals surface area contributed by atoms with Gasteiger partial charge in [0.15, 0.2) is 5.75 Å². The average molecular weight is 224 g/mol. The standard InChI is InChI=1S/C11H16N2O3/c1-2-7-16-11-4-3-9(5-6-12)8-10(11)13(14)15/h3-4,8H,2,5-7,12H2,1H3. The van der Waals surface area contributed by atoms with E-state index in [1.807, 2.05) is 13.0 Å². The molecule has 88 valence electrons. The summed E-state index contributed by atoms with van der Waals surface area (Å²) in [6.45, 7) is 2.91. The van der Waals surface area contributed by atoms with Crippen LogP contribution < -0.4 is 10.5 Å². The Labute approximate surface area is 94.4 Å². The summed E-state index contributed by atoms with van der Waals surface area (Å²) in [6, 6.07) is 4.97. The molecule has 0 bridgehead atoms. The molecule has 0 heterocycles. The van der Waals surface area contributed by atoms with Crippen LogP contribution in [0, 0.1) is 10.1 Å². The van der Waals surface area contributed by atoms with E-state index in [1.54, 1.807) is 6.07 Å². The summed E-state index contributed by atoms with van der Waals surface area (Å²) in [6.07, 6.45) is 1.45. The smallest absolute Gasteiger partial charge is 0.311 e. The maximum absolute atomic E-state index is 10.8. The van der Waals surface area contributed by atoms with E-state index in [-0.39, 0.29) is 5.69 Å². The van der Waals surface area contributed by atoms with Gasteiger partial charge in [0.05, 0.1) is 11.5 Å². The summed E-state index contributed by atoms with van der Waals surface area (Å²) in [7, 11) is 0. The number of hydrogen-bond acceptors (Lipinski definition) is 4. The molecule has 16 heavy (non-hydrogen) atoms. The second kappa shape index (κ2) is 6.07. The van der Waals surface area contributed by atoms with Gasteiger partial charge in [0.25, 0.3) is 0 Å². The molecule has 0 saturated heterocycles. The van der Waals surface area contributed by atoms with Gasteiger partial charge in [-0.15, -0.1) is 0 Å². The largest absolute Gasteiger partial charge is 0.487 e. The van der Waals surface area contributed by atoms with Crippen LogP contribution in [-0.2, 0) is 6.42 Å². The molecule has 0 radical (unpaired) electrons. The number of nitro groups is 1. The van der Waals surface area contributed by atoms with Crippen molar-refractivity contribution in [1.82, 2.24) is 0 Å². The quantitative estimate of drug-likeness (QED) is 0.591. The molecule has 0 fully saturated rings. The van der Waals surface area contributed by atoms with Crippen molar-refractivity contribution in [2.24, 2.45) is 5.73 Å². The Hall–Kier alpha value is -1.62. The van der Waals surface area contributed by atoms with E-state index < -0.39 is 4.92 Å². The topological polar surface area (TPSA) is 78.4 Å². The molecule has 0 aliphatic rings. The van der Waals surface area contributed by atoms with E-state index in [4.69, 9.17) is 10.5 Å². The molecule has 0 spiro atoms. The Morgan fingerprint density at radius 3 is 2.81 bits per heavy atom. The van der Waals surface area contributed by atoms with Gasteiger partial charge >= 0.3 is 5.69 Å². The highest BCUT2D eigenvalue weighted by Gasteiger charge is 2.15. The van der Waals surface area contributed by atoms with E-state index >= 15 is 0 Å². The summed E-state index contributed by atoms with van der Waals surface area (Å²) in [5.41, 5.74) is 6.28. The lowest BCUT2D eigenvalue weighted by Crippen LogP contribution is -2.04. The Balaban J connectivity index is 2.94. The molecule has 0 aromatic heterocycles. The maximum Gasteiger partial charge on any atom is 0.311 e. The Bertz CT molecular complexity index is 366. The highest BCUT2D eigenvalue weighted by atomic mass is 16.6. The zero-order chi connectivity index (χ0) is 12.0. The van der Waals surface area contributed by atoms with Gasteiger partial charge in [-0.1, -0.05) is 13.0 Å². The minimum absolute atomic E-state index is 0.0133. The van der Waals surface area contributed by atoms with E-state index in [1.165, 1.54) is 6.07 Å². The zero-order valence-corrected chi connectivity index (χ0v) is 9.31. The van der Waals surface area contributed by atoms with Gasteiger partial charge in [-0.2, -0.15) is 0 Å². The minimum Gasteiger partial charge on any atom is -0.487 e. The lowest BCUT2D eigenvalue weighted by molar-refractivity contribution is -0.385. The van der Waals surface area contributed by atoms with Crippen LogP contribution in [0.25, 0.3) is 0 Å². The number of ether oxygens (including phenoxy) is 1. The average Bonchev–Trinajstić information content (AvgIpc) is 2.27. The van der Waals surface area contributed by atoms with Gasteiger partial charge in [-0.05, 0) is 31.0 Å². The van der Waals surface area contributed by atoms with Crippen LogP contribution in [-0.4, -0.2) is 18.1 Å². The van der Waals surface area contributed by atoms with E-state index in [9.17, 15) is 10.1 Å². The lowest BCUT2D eigenvalue weighted by Gasteiger charge is -2.06. The van der Waals surface area contributed by atoms with E-state index in [0.29, 0.717) is 25.3 Å². The normalized spacial score (nSPS) is 10.1. The molecule has 0 aliphatic carbocycles. The van der Waals surface area contributed by atoms with E-state index in [2.05, 4.69) is 0 Å². The van der Waals surface area contributed by atoms with Crippen LogP contribution in [0.1, 0.15) is 18.9 Å².